The molecule has 3 heterocycles. The molecule has 0 bridgehead atoms. The van der Waals surface area contributed by atoms with Crippen molar-refractivity contribution in [2.45, 2.75) is 26.4 Å². The summed E-state index contributed by atoms with van der Waals surface area (Å²) in [6.45, 7) is 8.86. The van der Waals surface area contributed by atoms with Gasteiger partial charge in [0.25, 0.3) is 11.6 Å². The first-order valence-corrected chi connectivity index (χ1v) is 7.79. The molecule has 7 nitrogen and oxygen atoms in total. The Morgan fingerprint density at radius 1 is 1.35 bits per heavy atom. The van der Waals surface area contributed by atoms with Crippen LogP contribution in [0.25, 0.3) is 11.1 Å². The lowest BCUT2D eigenvalue weighted by atomic mass is 10.1. The molecule has 1 fully saturated rings. The number of β-amino-alcohol motifs (C(OH)–C–C–N with tert-alkyl or cyclic N) is 1. The van der Waals surface area contributed by atoms with Crippen LogP contribution in [0.3, 0.4) is 0 Å². The van der Waals surface area contributed by atoms with Gasteiger partial charge in [0.05, 0.1) is 22.2 Å². The third-order valence-electron chi connectivity index (χ3n) is 4.03. The molecule has 124 valence electrons. The molecule has 0 atom stereocenters. The number of piperazine rings is 1. The van der Waals surface area contributed by atoms with Crippen LogP contribution in [0.5, 0.6) is 0 Å². The molecule has 7 heteroatoms. The molecule has 0 aliphatic carbocycles. The van der Waals surface area contributed by atoms with Gasteiger partial charge in [-0.3, -0.25) is 9.69 Å². The number of pyridine rings is 1. The topological polar surface area (TPSA) is 82.7 Å². The van der Waals surface area contributed by atoms with Crippen molar-refractivity contribution in [1.29, 1.82) is 0 Å². The predicted molar refractivity (Wildman–Crippen MR) is 85.2 cm³/mol. The molecule has 0 spiro atoms. The Morgan fingerprint density at radius 3 is 2.70 bits per heavy atom. The maximum atomic E-state index is 12.6. The van der Waals surface area contributed by atoms with Gasteiger partial charge < -0.3 is 14.5 Å². The standard InChI is InChI=1S/C16H22N4O3/c1-11-13-8-12(9-17-14(13)23-18-11)15(21)20-6-4-19(5-7-20)10-16(2,3)22/h8-9,22H,4-7,10H2,1-3H3. The fourth-order valence-electron chi connectivity index (χ4n) is 2.90. The van der Waals surface area contributed by atoms with E-state index < -0.39 is 5.60 Å². The van der Waals surface area contributed by atoms with Crippen LogP contribution in [0.4, 0.5) is 0 Å². The van der Waals surface area contributed by atoms with Gasteiger partial charge in [-0.25, -0.2) is 4.98 Å². The van der Waals surface area contributed by atoms with Crippen LogP contribution in [0.15, 0.2) is 16.8 Å². The van der Waals surface area contributed by atoms with E-state index in [1.807, 2.05) is 11.8 Å². The number of aliphatic hydroxyl groups is 1. The first kappa shape index (κ1) is 15.9. The molecule has 23 heavy (non-hydrogen) atoms. The lowest BCUT2D eigenvalue weighted by Crippen LogP contribution is -2.52. The average molecular weight is 318 g/mol. The molecular formula is C16H22N4O3. The molecule has 1 saturated heterocycles. The molecule has 0 saturated carbocycles. The van der Waals surface area contributed by atoms with Gasteiger partial charge in [-0.15, -0.1) is 0 Å². The highest BCUT2D eigenvalue weighted by molar-refractivity contribution is 5.97. The van der Waals surface area contributed by atoms with Gasteiger partial charge in [0.15, 0.2) is 0 Å². The fourth-order valence-corrected chi connectivity index (χ4v) is 2.90. The number of hydrogen-bond donors (Lipinski definition) is 1. The summed E-state index contributed by atoms with van der Waals surface area (Å²) in [6, 6.07) is 1.79. The second-order valence-electron chi connectivity index (χ2n) is 6.73. The van der Waals surface area contributed by atoms with Gasteiger partial charge >= 0.3 is 0 Å². The SMILES string of the molecule is Cc1noc2ncc(C(=O)N3CCN(CC(C)(C)O)CC3)cc12. The lowest BCUT2D eigenvalue weighted by Gasteiger charge is -2.37. The normalized spacial score (nSPS) is 17.0. The smallest absolute Gasteiger partial charge is 0.257 e. The van der Waals surface area contributed by atoms with Crippen molar-refractivity contribution in [1.82, 2.24) is 19.9 Å². The van der Waals surface area contributed by atoms with E-state index in [1.54, 1.807) is 26.1 Å². The van der Waals surface area contributed by atoms with Crippen LogP contribution >= 0.6 is 0 Å². The van der Waals surface area contributed by atoms with E-state index >= 15 is 0 Å². The number of carbonyl (C=O) groups is 1. The highest BCUT2D eigenvalue weighted by atomic mass is 16.5. The van der Waals surface area contributed by atoms with Crippen molar-refractivity contribution < 1.29 is 14.4 Å². The molecule has 1 aliphatic rings. The Hall–Kier alpha value is -1.99. The average Bonchev–Trinajstić information content (AvgIpc) is 2.87. The van der Waals surface area contributed by atoms with Crippen molar-refractivity contribution in [3.05, 3.63) is 23.5 Å². The van der Waals surface area contributed by atoms with Crippen molar-refractivity contribution in [2.24, 2.45) is 0 Å². The van der Waals surface area contributed by atoms with Gasteiger partial charge in [-0.1, -0.05) is 5.16 Å². The number of aryl methyl sites for hydroxylation is 1. The van der Waals surface area contributed by atoms with E-state index in [0.717, 1.165) is 24.2 Å². The molecular weight excluding hydrogens is 296 g/mol. The second-order valence-corrected chi connectivity index (χ2v) is 6.73. The molecule has 0 unspecified atom stereocenters. The number of amides is 1. The summed E-state index contributed by atoms with van der Waals surface area (Å²) in [7, 11) is 0. The summed E-state index contributed by atoms with van der Waals surface area (Å²) < 4.78 is 5.07. The molecule has 0 radical (unpaired) electrons. The third kappa shape index (κ3) is 3.51. The van der Waals surface area contributed by atoms with Gasteiger partial charge in [-0.05, 0) is 26.8 Å². The van der Waals surface area contributed by atoms with Crippen molar-refractivity contribution >= 4 is 17.0 Å². The van der Waals surface area contributed by atoms with Crippen molar-refractivity contribution in [2.75, 3.05) is 32.7 Å². The zero-order chi connectivity index (χ0) is 16.6. The Labute approximate surface area is 134 Å². The van der Waals surface area contributed by atoms with E-state index in [9.17, 15) is 9.90 Å². The van der Waals surface area contributed by atoms with E-state index in [-0.39, 0.29) is 5.91 Å². The molecule has 1 aliphatic heterocycles. The maximum Gasteiger partial charge on any atom is 0.257 e. The van der Waals surface area contributed by atoms with E-state index in [1.165, 1.54) is 0 Å². The summed E-state index contributed by atoms with van der Waals surface area (Å²) in [5.74, 6) is -0.0251. The quantitative estimate of drug-likeness (QED) is 0.911. The number of fused-ring (bicyclic) bond motifs is 1. The number of carbonyl (C=O) groups excluding carboxylic acids is 1. The van der Waals surface area contributed by atoms with Crippen LogP contribution in [-0.4, -0.2) is 69.3 Å². The third-order valence-corrected chi connectivity index (χ3v) is 4.03. The van der Waals surface area contributed by atoms with E-state index in [0.29, 0.717) is 30.9 Å². The molecule has 2 aromatic rings. The molecule has 1 N–H and O–H groups in total. The van der Waals surface area contributed by atoms with Crippen molar-refractivity contribution in [3.8, 4) is 0 Å². The largest absolute Gasteiger partial charge is 0.389 e. The lowest BCUT2D eigenvalue weighted by molar-refractivity contribution is 0.0178. The van der Waals surface area contributed by atoms with E-state index in [4.69, 9.17) is 4.52 Å². The minimum Gasteiger partial charge on any atom is -0.389 e. The second kappa shape index (κ2) is 5.90. The van der Waals surface area contributed by atoms with Crippen LogP contribution in [0.1, 0.15) is 29.9 Å². The molecule has 3 rings (SSSR count). The number of hydrogen-bond acceptors (Lipinski definition) is 6. The Morgan fingerprint density at radius 2 is 2.04 bits per heavy atom. The monoisotopic (exact) mass is 318 g/mol. The maximum absolute atomic E-state index is 12.6. The first-order chi connectivity index (χ1) is 10.8. The van der Waals surface area contributed by atoms with Gasteiger partial charge in [-0.2, -0.15) is 0 Å². The van der Waals surface area contributed by atoms with Crippen molar-refractivity contribution in [3.63, 3.8) is 0 Å². The zero-order valence-electron chi connectivity index (χ0n) is 13.7. The van der Waals surface area contributed by atoms with Crippen LogP contribution in [0, 0.1) is 6.92 Å². The first-order valence-electron chi connectivity index (χ1n) is 7.79. The Balaban J connectivity index is 1.67. The summed E-state index contributed by atoms with van der Waals surface area (Å²) in [5.41, 5.74) is 1.03. The fraction of sp³-hybridized carbons (Fsp3) is 0.562. The summed E-state index contributed by atoms with van der Waals surface area (Å²) >= 11 is 0. The van der Waals surface area contributed by atoms with Gasteiger partial charge in [0.1, 0.15) is 0 Å². The summed E-state index contributed by atoms with van der Waals surface area (Å²) in [6.07, 6.45) is 1.54. The Bertz CT molecular complexity index is 712. The highest BCUT2D eigenvalue weighted by Gasteiger charge is 2.26. The molecule has 2 aromatic heterocycles. The van der Waals surface area contributed by atoms with Gasteiger partial charge in [0.2, 0.25) is 0 Å². The predicted octanol–water partition coefficient (Wildman–Crippen LogP) is 1.06. The minimum absolute atomic E-state index is 0.0251. The molecule has 0 aromatic carbocycles. The van der Waals surface area contributed by atoms with Crippen LogP contribution in [0.2, 0.25) is 0 Å². The number of rotatable bonds is 3. The summed E-state index contributed by atoms with van der Waals surface area (Å²) in [4.78, 5) is 20.8. The number of nitrogens with zero attached hydrogens (tertiary/aromatic N) is 4. The summed E-state index contributed by atoms with van der Waals surface area (Å²) in [5, 5.41) is 14.5. The van der Waals surface area contributed by atoms with Crippen LogP contribution in [-0.2, 0) is 0 Å². The Kier molecular flexibility index (Phi) is 4.08. The number of aromatic nitrogens is 2. The zero-order valence-corrected chi connectivity index (χ0v) is 13.7. The highest BCUT2D eigenvalue weighted by Crippen LogP contribution is 2.18. The van der Waals surface area contributed by atoms with Gasteiger partial charge in [0, 0.05) is 38.9 Å². The minimum atomic E-state index is -0.715. The van der Waals surface area contributed by atoms with Crippen LogP contribution < -0.4 is 0 Å². The van der Waals surface area contributed by atoms with E-state index in [2.05, 4.69) is 15.0 Å². The molecule has 1 amide bonds.